The van der Waals surface area contributed by atoms with Gasteiger partial charge >= 0.3 is 0 Å². The molecule has 23 heavy (non-hydrogen) atoms. The van der Waals surface area contributed by atoms with E-state index in [4.69, 9.17) is 17.0 Å². The Morgan fingerprint density at radius 3 is 2.30 bits per heavy atom. The standard InChI is InChI=1S/C19H24N2OS/c1-15-8-7-9-16(2)18(15)20-19(23)21(12-13-22-3)14-17-10-5-4-6-11-17/h4-11H,12-14H2,1-3H3,(H,20,23). The molecule has 0 heterocycles. The minimum atomic E-state index is 0.640. The average Bonchev–Trinajstić information content (AvgIpc) is 2.55. The van der Waals surface area contributed by atoms with Crippen LogP contribution in [0.4, 0.5) is 5.69 Å². The molecular weight excluding hydrogens is 304 g/mol. The van der Waals surface area contributed by atoms with Crippen LogP contribution in [-0.4, -0.2) is 30.3 Å². The van der Waals surface area contributed by atoms with Gasteiger partial charge in [-0.1, -0.05) is 48.5 Å². The molecule has 2 rings (SSSR count). The van der Waals surface area contributed by atoms with Gasteiger partial charge in [-0.05, 0) is 42.8 Å². The summed E-state index contributed by atoms with van der Waals surface area (Å²) >= 11 is 5.65. The first-order chi connectivity index (χ1) is 11.1. The van der Waals surface area contributed by atoms with Gasteiger partial charge in [0.15, 0.2) is 5.11 Å². The van der Waals surface area contributed by atoms with Crippen molar-refractivity contribution in [2.75, 3.05) is 25.6 Å². The summed E-state index contributed by atoms with van der Waals surface area (Å²) in [5.74, 6) is 0. The maximum Gasteiger partial charge on any atom is 0.173 e. The van der Waals surface area contributed by atoms with Gasteiger partial charge < -0.3 is 15.0 Å². The first-order valence-corrected chi connectivity index (χ1v) is 8.17. The highest BCUT2D eigenvalue weighted by atomic mass is 32.1. The van der Waals surface area contributed by atoms with Gasteiger partial charge in [0.05, 0.1) is 6.61 Å². The van der Waals surface area contributed by atoms with Crippen LogP contribution in [0, 0.1) is 13.8 Å². The van der Waals surface area contributed by atoms with Crippen LogP contribution >= 0.6 is 12.2 Å². The maximum absolute atomic E-state index is 5.65. The predicted molar refractivity (Wildman–Crippen MR) is 101 cm³/mol. The number of methoxy groups -OCH3 is 1. The zero-order chi connectivity index (χ0) is 16.7. The van der Waals surface area contributed by atoms with E-state index in [2.05, 4.69) is 54.4 Å². The normalized spacial score (nSPS) is 10.4. The van der Waals surface area contributed by atoms with Crippen molar-refractivity contribution in [2.24, 2.45) is 0 Å². The number of nitrogens with zero attached hydrogens (tertiary/aromatic N) is 1. The quantitative estimate of drug-likeness (QED) is 0.805. The van der Waals surface area contributed by atoms with Crippen LogP contribution in [0.1, 0.15) is 16.7 Å². The van der Waals surface area contributed by atoms with Gasteiger partial charge in [0.1, 0.15) is 0 Å². The van der Waals surface area contributed by atoms with Crippen LogP contribution < -0.4 is 5.32 Å². The molecular formula is C19H24N2OS. The highest BCUT2D eigenvalue weighted by Gasteiger charge is 2.12. The summed E-state index contributed by atoms with van der Waals surface area (Å²) < 4.78 is 5.23. The lowest BCUT2D eigenvalue weighted by Crippen LogP contribution is -2.37. The molecule has 0 aliphatic carbocycles. The molecule has 0 aliphatic rings. The molecule has 1 N–H and O–H groups in total. The van der Waals surface area contributed by atoms with Crippen molar-refractivity contribution in [3.63, 3.8) is 0 Å². The summed E-state index contributed by atoms with van der Waals surface area (Å²) in [5.41, 5.74) is 4.71. The molecule has 0 aromatic heterocycles. The fourth-order valence-electron chi connectivity index (χ4n) is 2.46. The van der Waals surface area contributed by atoms with E-state index in [1.54, 1.807) is 7.11 Å². The number of aryl methyl sites for hydroxylation is 2. The van der Waals surface area contributed by atoms with Crippen LogP contribution in [0.15, 0.2) is 48.5 Å². The summed E-state index contributed by atoms with van der Waals surface area (Å²) in [5, 5.41) is 4.13. The highest BCUT2D eigenvalue weighted by molar-refractivity contribution is 7.80. The van der Waals surface area contributed by atoms with Crippen LogP contribution in [0.3, 0.4) is 0 Å². The fraction of sp³-hybridized carbons (Fsp3) is 0.316. The second kappa shape index (κ2) is 8.65. The number of hydrogen-bond acceptors (Lipinski definition) is 2. The van der Waals surface area contributed by atoms with Gasteiger partial charge in [-0.3, -0.25) is 0 Å². The third-order valence-electron chi connectivity index (χ3n) is 3.78. The molecule has 0 atom stereocenters. The molecule has 0 aliphatic heterocycles. The number of para-hydroxylation sites is 1. The Bertz CT molecular complexity index is 623. The van der Waals surface area contributed by atoms with Gasteiger partial charge in [0, 0.05) is 25.9 Å². The van der Waals surface area contributed by atoms with Gasteiger partial charge in [0.25, 0.3) is 0 Å². The molecule has 2 aromatic carbocycles. The lowest BCUT2D eigenvalue weighted by molar-refractivity contribution is 0.175. The second-order valence-electron chi connectivity index (χ2n) is 5.60. The maximum atomic E-state index is 5.65. The lowest BCUT2D eigenvalue weighted by Gasteiger charge is -2.27. The highest BCUT2D eigenvalue weighted by Crippen LogP contribution is 2.20. The monoisotopic (exact) mass is 328 g/mol. The fourth-order valence-corrected chi connectivity index (χ4v) is 2.71. The smallest absolute Gasteiger partial charge is 0.173 e. The molecule has 0 bridgehead atoms. The molecule has 0 saturated heterocycles. The predicted octanol–water partition coefficient (Wildman–Crippen LogP) is 4.15. The molecule has 0 amide bonds. The Hall–Kier alpha value is -1.91. The molecule has 122 valence electrons. The van der Waals surface area contributed by atoms with E-state index in [1.165, 1.54) is 16.7 Å². The molecule has 0 unspecified atom stereocenters. The Labute approximate surface area is 144 Å². The number of rotatable bonds is 6. The van der Waals surface area contributed by atoms with Crippen molar-refractivity contribution < 1.29 is 4.74 Å². The Kier molecular flexibility index (Phi) is 6.56. The number of benzene rings is 2. The molecule has 0 spiro atoms. The topological polar surface area (TPSA) is 24.5 Å². The third kappa shape index (κ3) is 5.05. The Morgan fingerprint density at radius 1 is 1.04 bits per heavy atom. The largest absolute Gasteiger partial charge is 0.383 e. The average molecular weight is 328 g/mol. The van der Waals surface area contributed by atoms with E-state index in [1.807, 2.05) is 18.2 Å². The molecule has 0 radical (unpaired) electrons. The molecule has 2 aromatic rings. The lowest BCUT2D eigenvalue weighted by atomic mass is 10.1. The first kappa shape index (κ1) is 17.4. The third-order valence-corrected chi connectivity index (χ3v) is 4.14. The number of nitrogens with one attached hydrogen (secondary N) is 1. The van der Waals surface area contributed by atoms with E-state index in [9.17, 15) is 0 Å². The van der Waals surface area contributed by atoms with Crippen LogP contribution in [0.5, 0.6) is 0 Å². The van der Waals surface area contributed by atoms with E-state index >= 15 is 0 Å². The van der Waals surface area contributed by atoms with Crippen molar-refractivity contribution in [3.8, 4) is 0 Å². The molecule has 4 heteroatoms. The zero-order valence-electron chi connectivity index (χ0n) is 14.0. The molecule has 0 fully saturated rings. The number of anilines is 1. The van der Waals surface area contributed by atoms with Crippen molar-refractivity contribution in [2.45, 2.75) is 20.4 Å². The SMILES string of the molecule is COCCN(Cc1ccccc1)C(=S)Nc1c(C)cccc1C. The van der Waals surface area contributed by atoms with Crippen LogP contribution in [0.2, 0.25) is 0 Å². The zero-order valence-corrected chi connectivity index (χ0v) is 14.8. The number of hydrogen-bond donors (Lipinski definition) is 1. The van der Waals surface area contributed by atoms with E-state index < -0.39 is 0 Å². The minimum absolute atomic E-state index is 0.640. The minimum Gasteiger partial charge on any atom is -0.383 e. The van der Waals surface area contributed by atoms with Crippen molar-refractivity contribution in [1.82, 2.24) is 4.90 Å². The first-order valence-electron chi connectivity index (χ1n) is 7.77. The summed E-state index contributed by atoms with van der Waals surface area (Å²) in [7, 11) is 1.71. The van der Waals surface area contributed by atoms with Crippen molar-refractivity contribution >= 4 is 23.0 Å². The van der Waals surface area contributed by atoms with Crippen molar-refractivity contribution in [1.29, 1.82) is 0 Å². The summed E-state index contributed by atoms with van der Waals surface area (Å²) in [6, 6.07) is 16.6. The molecule has 0 saturated carbocycles. The summed E-state index contributed by atoms with van der Waals surface area (Å²) in [6.07, 6.45) is 0. The van der Waals surface area contributed by atoms with Crippen LogP contribution in [-0.2, 0) is 11.3 Å². The van der Waals surface area contributed by atoms with Gasteiger partial charge in [0.2, 0.25) is 0 Å². The van der Waals surface area contributed by atoms with Gasteiger partial charge in [-0.15, -0.1) is 0 Å². The van der Waals surface area contributed by atoms with E-state index in [-0.39, 0.29) is 0 Å². The molecule has 3 nitrogen and oxygen atoms in total. The summed E-state index contributed by atoms with van der Waals surface area (Å²) in [6.45, 7) is 6.34. The second-order valence-corrected chi connectivity index (χ2v) is 5.98. The van der Waals surface area contributed by atoms with E-state index in [0.717, 1.165) is 23.9 Å². The van der Waals surface area contributed by atoms with Crippen molar-refractivity contribution in [3.05, 3.63) is 65.2 Å². The Balaban J connectivity index is 2.13. The number of ether oxygens (including phenoxy) is 1. The van der Waals surface area contributed by atoms with E-state index in [0.29, 0.717) is 6.61 Å². The summed E-state index contributed by atoms with van der Waals surface area (Å²) in [4.78, 5) is 2.14. The number of thiocarbonyl (C=S) groups is 1. The Morgan fingerprint density at radius 2 is 1.70 bits per heavy atom. The van der Waals surface area contributed by atoms with Gasteiger partial charge in [-0.2, -0.15) is 0 Å². The van der Waals surface area contributed by atoms with Gasteiger partial charge in [-0.25, -0.2) is 0 Å². The van der Waals surface area contributed by atoms with Crippen LogP contribution in [0.25, 0.3) is 0 Å².